The summed E-state index contributed by atoms with van der Waals surface area (Å²) in [7, 11) is 0. The molecule has 1 aliphatic rings. The lowest BCUT2D eigenvalue weighted by Crippen LogP contribution is -2.40. The van der Waals surface area contributed by atoms with Crippen LogP contribution in [-0.4, -0.2) is 31.3 Å². The Morgan fingerprint density at radius 1 is 1.42 bits per heavy atom. The summed E-state index contributed by atoms with van der Waals surface area (Å²) < 4.78 is 41.9. The lowest BCUT2D eigenvalue weighted by molar-refractivity contribution is -0.153. The Morgan fingerprint density at radius 2 is 2.12 bits per heavy atom. The van der Waals surface area contributed by atoms with Gasteiger partial charge in [0.1, 0.15) is 5.75 Å². The van der Waals surface area contributed by atoms with Crippen molar-refractivity contribution in [2.75, 3.05) is 18.5 Å². The maximum absolute atomic E-state index is 12.4. The van der Waals surface area contributed by atoms with Gasteiger partial charge in [0.25, 0.3) is 0 Å². The number of anilines is 1. The van der Waals surface area contributed by atoms with Gasteiger partial charge >= 0.3 is 6.18 Å². The molecule has 2 atom stereocenters. The highest BCUT2D eigenvalue weighted by atomic mass is 35.5. The van der Waals surface area contributed by atoms with E-state index in [1.165, 1.54) is 6.07 Å². The predicted octanol–water partition coefficient (Wildman–Crippen LogP) is 3.68. The van der Waals surface area contributed by atoms with Crippen LogP contribution in [0.15, 0.2) is 18.2 Å². The van der Waals surface area contributed by atoms with Crippen LogP contribution in [0.2, 0.25) is 0 Å². The van der Waals surface area contributed by atoms with Crippen molar-refractivity contribution in [2.24, 2.45) is 5.92 Å². The average Bonchev–Trinajstić information content (AvgIpc) is 2.46. The number of aryl methyl sites for hydroxylation is 1. The van der Waals surface area contributed by atoms with Gasteiger partial charge in [-0.3, -0.25) is 4.79 Å². The number of carbonyl (C=O) groups is 1. The van der Waals surface area contributed by atoms with E-state index in [4.69, 9.17) is 4.74 Å². The second-order valence-electron chi connectivity index (χ2n) is 5.97. The van der Waals surface area contributed by atoms with E-state index in [1.54, 1.807) is 19.1 Å². The summed E-state index contributed by atoms with van der Waals surface area (Å²) in [5.74, 6) is -0.292. The molecule has 0 bridgehead atoms. The van der Waals surface area contributed by atoms with Crippen molar-refractivity contribution in [1.82, 2.24) is 5.32 Å². The number of alkyl halides is 3. The Kier molecular flexibility index (Phi) is 7.35. The third-order valence-corrected chi connectivity index (χ3v) is 3.78. The first kappa shape index (κ1) is 20.6. The van der Waals surface area contributed by atoms with Crippen LogP contribution in [0.1, 0.15) is 25.3 Å². The first-order chi connectivity index (χ1) is 10.7. The maximum atomic E-state index is 12.4. The van der Waals surface area contributed by atoms with Crippen molar-refractivity contribution in [3.63, 3.8) is 0 Å². The minimum absolute atomic E-state index is 0. The molecule has 136 valence electrons. The molecule has 0 radical (unpaired) electrons. The quantitative estimate of drug-likeness (QED) is 0.854. The molecule has 0 aliphatic carbocycles. The number of benzene rings is 1. The van der Waals surface area contributed by atoms with E-state index in [0.29, 0.717) is 12.8 Å². The molecule has 1 aliphatic heterocycles. The molecule has 0 saturated carbocycles. The van der Waals surface area contributed by atoms with Crippen molar-refractivity contribution in [1.29, 1.82) is 0 Å². The Morgan fingerprint density at radius 3 is 2.75 bits per heavy atom. The van der Waals surface area contributed by atoms with Crippen LogP contribution in [0, 0.1) is 12.8 Å². The number of rotatable bonds is 4. The topological polar surface area (TPSA) is 50.4 Å². The second-order valence-corrected chi connectivity index (χ2v) is 5.97. The van der Waals surface area contributed by atoms with Gasteiger partial charge in [0.05, 0.1) is 5.69 Å². The molecular weight excluding hydrogens is 345 g/mol. The van der Waals surface area contributed by atoms with Crippen LogP contribution in [0.3, 0.4) is 0 Å². The van der Waals surface area contributed by atoms with Gasteiger partial charge in [-0.2, -0.15) is 13.2 Å². The van der Waals surface area contributed by atoms with Gasteiger partial charge in [0, 0.05) is 12.0 Å². The number of nitrogens with one attached hydrogen (secondary N) is 2. The molecule has 1 heterocycles. The molecule has 1 fully saturated rings. The van der Waals surface area contributed by atoms with Gasteiger partial charge in [-0.05, 0) is 50.9 Å². The zero-order valence-corrected chi connectivity index (χ0v) is 14.4. The smallest absolute Gasteiger partial charge is 0.422 e. The van der Waals surface area contributed by atoms with Gasteiger partial charge in [-0.25, -0.2) is 0 Å². The summed E-state index contributed by atoms with van der Waals surface area (Å²) in [5.41, 5.74) is 1.03. The fraction of sp³-hybridized carbons (Fsp3) is 0.562. The highest BCUT2D eigenvalue weighted by molar-refractivity contribution is 5.94. The van der Waals surface area contributed by atoms with Crippen LogP contribution in [0.25, 0.3) is 0 Å². The predicted molar refractivity (Wildman–Crippen MR) is 88.8 cm³/mol. The summed E-state index contributed by atoms with van der Waals surface area (Å²) in [6.07, 6.45) is -3.01. The fourth-order valence-corrected chi connectivity index (χ4v) is 2.62. The van der Waals surface area contributed by atoms with Crippen LogP contribution < -0.4 is 15.4 Å². The van der Waals surface area contributed by atoms with Gasteiger partial charge < -0.3 is 15.4 Å². The molecule has 2 N–H and O–H groups in total. The summed E-state index contributed by atoms with van der Waals surface area (Å²) >= 11 is 0. The summed E-state index contributed by atoms with van der Waals surface area (Å²) in [5, 5.41) is 5.96. The third kappa shape index (κ3) is 6.20. The van der Waals surface area contributed by atoms with Crippen molar-refractivity contribution in [3.8, 4) is 5.75 Å². The van der Waals surface area contributed by atoms with Gasteiger partial charge in [0.15, 0.2) is 6.61 Å². The molecule has 2 rings (SSSR count). The van der Waals surface area contributed by atoms with E-state index in [9.17, 15) is 18.0 Å². The zero-order chi connectivity index (χ0) is 17.0. The first-order valence-electron chi connectivity index (χ1n) is 7.59. The van der Waals surface area contributed by atoms with Crippen molar-refractivity contribution < 1.29 is 22.7 Å². The Balaban J connectivity index is 0.00000288. The highest BCUT2D eigenvalue weighted by Gasteiger charge is 2.29. The minimum atomic E-state index is -4.42. The number of halogens is 4. The van der Waals surface area contributed by atoms with E-state index in [2.05, 4.69) is 10.6 Å². The summed E-state index contributed by atoms with van der Waals surface area (Å²) in [6.45, 7) is 3.12. The van der Waals surface area contributed by atoms with Crippen LogP contribution in [-0.2, 0) is 4.79 Å². The number of hydrogen-bond donors (Lipinski definition) is 2. The van der Waals surface area contributed by atoms with Crippen LogP contribution >= 0.6 is 12.4 Å². The van der Waals surface area contributed by atoms with E-state index in [-0.39, 0.29) is 41.7 Å². The normalized spacial score (nSPS) is 20.9. The Labute approximate surface area is 145 Å². The maximum Gasteiger partial charge on any atom is 0.422 e. The second kappa shape index (κ2) is 8.58. The molecule has 1 saturated heterocycles. The van der Waals surface area contributed by atoms with Crippen molar-refractivity contribution in [2.45, 2.75) is 38.9 Å². The number of carbonyl (C=O) groups excluding carboxylic acids is 1. The Hall–Kier alpha value is -1.47. The Bertz CT molecular complexity index is 567. The van der Waals surface area contributed by atoms with E-state index in [0.717, 1.165) is 12.1 Å². The van der Waals surface area contributed by atoms with Gasteiger partial charge in [0.2, 0.25) is 5.91 Å². The minimum Gasteiger partial charge on any atom is -0.482 e. The SMILES string of the molecule is Cc1ccc(NC(=O)[C@H]2CCN[C@@H](C)C2)c(OCC(F)(F)F)c1.Cl. The third-order valence-electron chi connectivity index (χ3n) is 3.78. The van der Waals surface area contributed by atoms with E-state index >= 15 is 0 Å². The summed E-state index contributed by atoms with van der Waals surface area (Å²) in [6, 6.07) is 5.04. The molecule has 24 heavy (non-hydrogen) atoms. The standard InChI is InChI=1S/C16H21F3N2O2.ClH/c1-10-3-4-13(14(7-10)23-9-16(17,18)19)21-15(22)12-5-6-20-11(2)8-12;/h3-4,7,11-12,20H,5-6,8-9H2,1-2H3,(H,21,22);1H/t11-,12-;/m0./s1. The van der Waals surface area contributed by atoms with Gasteiger partial charge in [-0.1, -0.05) is 6.07 Å². The van der Waals surface area contributed by atoms with Gasteiger partial charge in [-0.15, -0.1) is 12.4 Å². The van der Waals surface area contributed by atoms with E-state index in [1.807, 2.05) is 6.92 Å². The molecule has 8 heteroatoms. The lowest BCUT2D eigenvalue weighted by atomic mass is 9.92. The zero-order valence-electron chi connectivity index (χ0n) is 13.6. The number of ether oxygens (including phenoxy) is 1. The molecule has 1 aromatic rings. The molecule has 0 aromatic heterocycles. The van der Waals surface area contributed by atoms with E-state index < -0.39 is 12.8 Å². The highest BCUT2D eigenvalue weighted by Crippen LogP contribution is 2.29. The molecule has 1 amide bonds. The number of piperidine rings is 1. The first-order valence-corrected chi connectivity index (χ1v) is 7.59. The van der Waals surface area contributed by atoms with Crippen LogP contribution in [0.5, 0.6) is 5.75 Å². The van der Waals surface area contributed by atoms with Crippen molar-refractivity contribution in [3.05, 3.63) is 23.8 Å². The molecule has 0 spiro atoms. The molecule has 4 nitrogen and oxygen atoms in total. The lowest BCUT2D eigenvalue weighted by Gasteiger charge is -2.27. The van der Waals surface area contributed by atoms with Crippen LogP contribution in [0.4, 0.5) is 18.9 Å². The molecular formula is C16H22ClF3N2O2. The monoisotopic (exact) mass is 366 g/mol. The fourth-order valence-electron chi connectivity index (χ4n) is 2.62. The molecule has 1 aromatic carbocycles. The average molecular weight is 367 g/mol. The number of amides is 1. The summed E-state index contributed by atoms with van der Waals surface area (Å²) in [4.78, 5) is 12.3. The van der Waals surface area contributed by atoms with Crippen molar-refractivity contribution >= 4 is 24.0 Å². The largest absolute Gasteiger partial charge is 0.482 e. The number of hydrogen-bond acceptors (Lipinski definition) is 3. The molecule has 0 unspecified atom stereocenters.